The fourth-order valence-electron chi connectivity index (χ4n) is 5.51. The van der Waals surface area contributed by atoms with Crippen molar-refractivity contribution in [3.8, 4) is 16.3 Å². The number of amides is 1. The number of thioether (sulfide) groups is 1. The van der Waals surface area contributed by atoms with Crippen LogP contribution in [0.4, 0.5) is 5.13 Å². The summed E-state index contributed by atoms with van der Waals surface area (Å²) in [5.41, 5.74) is 3.11. The Hall–Kier alpha value is -4.84. The maximum Gasteiger partial charge on any atom is 0.296 e. The number of ether oxygens (including phenoxy) is 1. The maximum absolute atomic E-state index is 14.3. The smallest absolute Gasteiger partial charge is 0.296 e. The van der Waals surface area contributed by atoms with Gasteiger partial charge < -0.3 is 9.84 Å². The quantitative estimate of drug-likeness (QED) is 0.0939. The van der Waals surface area contributed by atoms with Crippen molar-refractivity contribution < 1.29 is 19.4 Å². The molecule has 0 unspecified atom stereocenters. The topological polar surface area (TPSA) is 106 Å². The molecule has 6 aromatic rings. The van der Waals surface area contributed by atoms with Crippen molar-refractivity contribution in [1.82, 2.24) is 15.2 Å². The zero-order valence-corrected chi connectivity index (χ0v) is 27.2. The highest BCUT2D eigenvalue weighted by atomic mass is 32.2. The first-order valence-electron chi connectivity index (χ1n) is 14.3. The summed E-state index contributed by atoms with van der Waals surface area (Å²) in [6.07, 6.45) is 0. The lowest BCUT2D eigenvalue weighted by Crippen LogP contribution is -2.31. The SMILES string of the molecule is COc1cccc([C@H]2C(C(=O)c3sc(-c4ccccc4)nc3C)=C(O)C(=O)N2c2nnc(SCc3cccc4ccccc34)s2)c1. The number of fused-ring (bicyclic) bond motifs is 1. The first-order valence-corrected chi connectivity index (χ1v) is 17.0. The Morgan fingerprint density at radius 3 is 2.54 bits per heavy atom. The summed E-state index contributed by atoms with van der Waals surface area (Å²) in [5, 5.41) is 23.4. The second-order valence-electron chi connectivity index (χ2n) is 10.5. The molecule has 1 aliphatic heterocycles. The molecule has 0 fully saturated rings. The molecule has 4 aromatic carbocycles. The highest BCUT2D eigenvalue weighted by Gasteiger charge is 2.47. The number of aromatic nitrogens is 3. The van der Waals surface area contributed by atoms with E-state index in [4.69, 9.17) is 4.74 Å². The summed E-state index contributed by atoms with van der Waals surface area (Å²) in [7, 11) is 1.55. The van der Waals surface area contributed by atoms with Crippen LogP contribution in [0, 0.1) is 6.92 Å². The summed E-state index contributed by atoms with van der Waals surface area (Å²) < 4.78 is 6.12. The van der Waals surface area contributed by atoms with Crippen molar-refractivity contribution in [2.45, 2.75) is 23.1 Å². The molecule has 11 heteroatoms. The summed E-state index contributed by atoms with van der Waals surface area (Å²) in [5.74, 6) is -0.596. The molecule has 1 N–H and O–H groups in total. The fourth-order valence-corrected chi connectivity index (χ4v) is 8.41. The van der Waals surface area contributed by atoms with Crippen LogP contribution >= 0.6 is 34.4 Å². The normalized spacial score (nSPS) is 14.8. The third-order valence-electron chi connectivity index (χ3n) is 7.72. The number of aryl methyl sites for hydroxylation is 1. The third-order valence-corrected chi connectivity index (χ3v) is 11.0. The third kappa shape index (κ3) is 5.46. The molecule has 0 saturated heterocycles. The number of hydrogen-bond donors (Lipinski definition) is 1. The molecule has 3 heterocycles. The number of aliphatic hydroxyl groups excluding tert-OH is 1. The van der Waals surface area contributed by atoms with Crippen LogP contribution in [0.5, 0.6) is 5.75 Å². The van der Waals surface area contributed by atoms with Gasteiger partial charge in [0.15, 0.2) is 10.1 Å². The molecule has 0 radical (unpaired) electrons. The minimum Gasteiger partial charge on any atom is -0.503 e. The van der Waals surface area contributed by atoms with Crippen LogP contribution in [-0.4, -0.2) is 39.1 Å². The fraction of sp³-hybridized carbons (Fsp3) is 0.114. The Morgan fingerprint density at radius 1 is 0.957 bits per heavy atom. The number of aliphatic hydroxyl groups is 1. The van der Waals surface area contributed by atoms with Crippen LogP contribution in [0.25, 0.3) is 21.3 Å². The average molecular weight is 663 g/mol. The van der Waals surface area contributed by atoms with Crippen LogP contribution in [0.15, 0.2) is 113 Å². The number of ketones is 1. The van der Waals surface area contributed by atoms with Crippen molar-refractivity contribution >= 4 is 62.0 Å². The van der Waals surface area contributed by atoms with Gasteiger partial charge in [-0.05, 0) is 41.0 Å². The number of Topliss-reactive ketones (excluding diaryl/α,β-unsaturated/α-hetero) is 1. The van der Waals surface area contributed by atoms with E-state index < -0.39 is 23.5 Å². The zero-order valence-electron chi connectivity index (χ0n) is 24.7. The molecule has 1 amide bonds. The molecule has 1 aliphatic rings. The van der Waals surface area contributed by atoms with Gasteiger partial charge >= 0.3 is 0 Å². The minimum absolute atomic E-state index is 0.0372. The Morgan fingerprint density at radius 2 is 1.72 bits per heavy atom. The van der Waals surface area contributed by atoms with E-state index in [2.05, 4.69) is 39.4 Å². The lowest BCUT2D eigenvalue weighted by Gasteiger charge is -2.24. The van der Waals surface area contributed by atoms with Gasteiger partial charge in [0.05, 0.1) is 29.3 Å². The Kier molecular flexibility index (Phi) is 8.12. The van der Waals surface area contributed by atoms with E-state index >= 15 is 0 Å². The van der Waals surface area contributed by atoms with Gasteiger partial charge in [0.25, 0.3) is 5.91 Å². The summed E-state index contributed by atoms with van der Waals surface area (Å²) in [4.78, 5) is 34.4. The first-order chi connectivity index (χ1) is 22.4. The van der Waals surface area contributed by atoms with Gasteiger partial charge in [-0.2, -0.15) is 0 Å². The molecule has 7 rings (SSSR count). The number of anilines is 1. The number of hydrogen-bond acceptors (Lipinski definition) is 10. The first kappa shape index (κ1) is 29.8. The number of benzene rings is 4. The molecule has 2 aromatic heterocycles. The summed E-state index contributed by atoms with van der Waals surface area (Å²) >= 11 is 3.99. The molecule has 228 valence electrons. The van der Waals surface area contributed by atoms with Gasteiger partial charge in [0.1, 0.15) is 10.8 Å². The summed E-state index contributed by atoms with van der Waals surface area (Å²) in [6.45, 7) is 1.76. The number of thiazole rings is 1. The lowest BCUT2D eigenvalue weighted by molar-refractivity contribution is -0.117. The number of methoxy groups -OCH3 is 1. The van der Waals surface area contributed by atoms with E-state index in [0.29, 0.717) is 37.0 Å². The number of rotatable bonds is 9. The molecule has 8 nitrogen and oxygen atoms in total. The van der Waals surface area contributed by atoms with E-state index in [1.165, 1.54) is 44.7 Å². The maximum atomic E-state index is 14.3. The van der Waals surface area contributed by atoms with Crippen LogP contribution < -0.4 is 9.64 Å². The molecule has 0 aliphatic carbocycles. The molecular weight excluding hydrogens is 637 g/mol. The van der Waals surface area contributed by atoms with Crippen molar-refractivity contribution in [2.24, 2.45) is 0 Å². The summed E-state index contributed by atoms with van der Waals surface area (Å²) in [6, 6.07) is 30.2. The van der Waals surface area contributed by atoms with Crippen molar-refractivity contribution in [2.75, 3.05) is 12.0 Å². The van der Waals surface area contributed by atoms with Crippen LogP contribution in [0.3, 0.4) is 0 Å². The van der Waals surface area contributed by atoms with E-state index in [1.807, 2.05) is 48.5 Å². The molecule has 1 atom stereocenters. The molecular formula is C35H26N4O4S3. The highest BCUT2D eigenvalue weighted by molar-refractivity contribution is 8.00. The van der Waals surface area contributed by atoms with Gasteiger partial charge in [-0.1, -0.05) is 108 Å². The van der Waals surface area contributed by atoms with Gasteiger partial charge in [-0.15, -0.1) is 21.5 Å². The van der Waals surface area contributed by atoms with Gasteiger partial charge in [0.2, 0.25) is 10.9 Å². The predicted octanol–water partition coefficient (Wildman–Crippen LogP) is 8.21. The molecule has 0 bridgehead atoms. The average Bonchev–Trinajstić information content (AvgIpc) is 3.79. The van der Waals surface area contributed by atoms with Crippen LogP contribution in [0.2, 0.25) is 0 Å². The predicted molar refractivity (Wildman–Crippen MR) is 183 cm³/mol. The largest absolute Gasteiger partial charge is 0.503 e. The van der Waals surface area contributed by atoms with Gasteiger partial charge in [-0.25, -0.2) is 4.98 Å². The number of carbonyl (C=O) groups is 2. The van der Waals surface area contributed by atoms with E-state index in [1.54, 1.807) is 38.3 Å². The molecule has 0 spiro atoms. The van der Waals surface area contributed by atoms with Crippen LogP contribution in [-0.2, 0) is 10.5 Å². The second-order valence-corrected chi connectivity index (χ2v) is 13.7. The van der Waals surface area contributed by atoms with E-state index in [-0.39, 0.29) is 10.7 Å². The number of nitrogens with zero attached hydrogens (tertiary/aromatic N) is 4. The van der Waals surface area contributed by atoms with Gasteiger partial charge in [-0.3, -0.25) is 14.5 Å². The monoisotopic (exact) mass is 662 g/mol. The minimum atomic E-state index is -0.958. The Labute approximate surface area is 277 Å². The Bertz CT molecular complexity index is 2140. The lowest BCUT2D eigenvalue weighted by atomic mass is 9.95. The standard InChI is InChI=1S/C35H26N4O4S3/c1-20-31(45-32(36-20)22-11-4-3-5-12-22)29(40)27-28(23-14-9-16-25(18-23)43-2)39(33(42)30(27)41)34-37-38-35(46-34)44-19-24-15-8-13-21-10-6-7-17-26(21)24/h3-18,28,41H,19H2,1-2H3/t28-/m0/s1. The Balaban J connectivity index is 1.24. The molecule has 0 saturated carbocycles. The van der Waals surface area contributed by atoms with Crippen molar-refractivity contribution in [3.05, 3.63) is 130 Å². The van der Waals surface area contributed by atoms with Gasteiger partial charge in [0, 0.05) is 11.3 Å². The second kappa shape index (κ2) is 12.5. The van der Waals surface area contributed by atoms with Crippen LogP contribution in [0.1, 0.15) is 32.5 Å². The van der Waals surface area contributed by atoms with Crippen molar-refractivity contribution in [3.63, 3.8) is 0 Å². The molecule has 46 heavy (non-hydrogen) atoms. The highest BCUT2D eigenvalue weighted by Crippen LogP contribution is 2.45. The van der Waals surface area contributed by atoms with E-state index in [0.717, 1.165) is 16.5 Å². The number of carbonyl (C=O) groups excluding carboxylic acids is 2. The zero-order chi connectivity index (χ0) is 31.8. The van der Waals surface area contributed by atoms with Crippen molar-refractivity contribution in [1.29, 1.82) is 0 Å². The van der Waals surface area contributed by atoms with E-state index in [9.17, 15) is 14.7 Å².